The summed E-state index contributed by atoms with van der Waals surface area (Å²) in [5.74, 6) is -0.648. The average Bonchev–Trinajstić information content (AvgIpc) is 2.64. The predicted octanol–water partition coefficient (Wildman–Crippen LogP) is 1.89. The molecule has 2 rings (SSSR count). The van der Waals surface area contributed by atoms with E-state index in [0.717, 1.165) is 13.0 Å². The number of hydrogen-bond acceptors (Lipinski definition) is 2. The largest absolute Gasteiger partial charge is 0.481 e. The molecule has 0 aromatic carbocycles. The number of rotatable bonds is 2. The molecule has 3 nitrogen and oxygen atoms in total. The number of carboxylic acids is 1. The van der Waals surface area contributed by atoms with Crippen molar-refractivity contribution in [1.82, 2.24) is 4.90 Å². The molecule has 2 unspecified atom stereocenters. The Morgan fingerprint density at radius 3 is 2.93 bits per heavy atom. The maximum atomic E-state index is 11.1. The molecule has 0 spiro atoms. The molecule has 0 radical (unpaired) electrons. The molecule has 3 heteroatoms. The lowest BCUT2D eigenvalue weighted by Gasteiger charge is -2.28. The van der Waals surface area contributed by atoms with Crippen LogP contribution in [0.15, 0.2) is 12.2 Å². The van der Waals surface area contributed by atoms with E-state index < -0.39 is 11.4 Å². The molecule has 1 fully saturated rings. The Morgan fingerprint density at radius 2 is 2.40 bits per heavy atom. The molecule has 0 amide bonds. The van der Waals surface area contributed by atoms with Gasteiger partial charge in [-0.25, -0.2) is 0 Å². The Labute approximate surface area is 90.8 Å². The number of aliphatic carboxylic acids is 1. The van der Waals surface area contributed by atoms with Gasteiger partial charge in [0.1, 0.15) is 0 Å². The fraction of sp³-hybridized carbons (Fsp3) is 0.750. The minimum atomic E-state index is -0.648. The molecular weight excluding hydrogens is 190 g/mol. The van der Waals surface area contributed by atoms with Crippen LogP contribution in [-0.4, -0.2) is 35.1 Å². The summed E-state index contributed by atoms with van der Waals surface area (Å²) in [6.07, 6.45) is 8.86. The highest BCUT2D eigenvalue weighted by Gasteiger charge is 2.41. The molecule has 0 bridgehead atoms. The van der Waals surface area contributed by atoms with E-state index in [0.29, 0.717) is 12.6 Å². The van der Waals surface area contributed by atoms with Crippen LogP contribution >= 0.6 is 0 Å². The summed E-state index contributed by atoms with van der Waals surface area (Å²) >= 11 is 0. The highest BCUT2D eigenvalue weighted by Crippen LogP contribution is 2.33. The predicted molar refractivity (Wildman–Crippen MR) is 58.7 cm³/mol. The van der Waals surface area contributed by atoms with Gasteiger partial charge in [0.05, 0.1) is 5.41 Å². The second-order valence-electron chi connectivity index (χ2n) is 5.01. The lowest BCUT2D eigenvalue weighted by atomic mass is 9.90. The van der Waals surface area contributed by atoms with Gasteiger partial charge in [-0.15, -0.1) is 0 Å². The Balaban J connectivity index is 2.00. The molecule has 0 saturated carbocycles. The standard InChI is InChI=1S/C12H19NO2/c1-12(11(14)15)7-8-13(9-12)10-5-3-2-4-6-10/h3,5,10H,2,4,6-9H2,1H3,(H,14,15). The number of carbonyl (C=O) groups is 1. The SMILES string of the molecule is CC1(C(=O)O)CCN(C2C=CCCC2)C1. The van der Waals surface area contributed by atoms with Gasteiger partial charge in [-0.2, -0.15) is 0 Å². The summed E-state index contributed by atoms with van der Waals surface area (Å²) in [5, 5.41) is 9.14. The van der Waals surface area contributed by atoms with Crippen LogP contribution in [0.4, 0.5) is 0 Å². The average molecular weight is 209 g/mol. The summed E-state index contributed by atoms with van der Waals surface area (Å²) in [5.41, 5.74) is -0.523. The van der Waals surface area contributed by atoms with Crippen LogP contribution in [0, 0.1) is 5.41 Å². The maximum absolute atomic E-state index is 11.1. The highest BCUT2D eigenvalue weighted by molar-refractivity contribution is 5.74. The number of nitrogens with zero attached hydrogens (tertiary/aromatic N) is 1. The molecule has 84 valence electrons. The first kappa shape index (κ1) is 10.7. The first-order valence-corrected chi connectivity index (χ1v) is 5.76. The smallest absolute Gasteiger partial charge is 0.310 e. The lowest BCUT2D eigenvalue weighted by molar-refractivity contribution is -0.147. The number of carboxylic acid groups (broad SMARTS) is 1. The Hall–Kier alpha value is -0.830. The van der Waals surface area contributed by atoms with Crippen molar-refractivity contribution in [2.45, 2.75) is 38.6 Å². The zero-order valence-electron chi connectivity index (χ0n) is 9.28. The van der Waals surface area contributed by atoms with Crippen molar-refractivity contribution >= 4 is 5.97 Å². The molecule has 0 aromatic rings. The Morgan fingerprint density at radius 1 is 1.60 bits per heavy atom. The fourth-order valence-electron chi connectivity index (χ4n) is 2.55. The van der Waals surface area contributed by atoms with Crippen LogP contribution in [0.2, 0.25) is 0 Å². The molecule has 1 N–H and O–H groups in total. The zero-order chi connectivity index (χ0) is 10.9. The van der Waals surface area contributed by atoms with Gasteiger partial charge >= 0.3 is 5.97 Å². The summed E-state index contributed by atoms with van der Waals surface area (Å²) in [6.45, 7) is 3.50. The quantitative estimate of drug-likeness (QED) is 0.706. The van der Waals surface area contributed by atoms with Crippen molar-refractivity contribution < 1.29 is 9.90 Å². The fourth-order valence-corrected chi connectivity index (χ4v) is 2.55. The summed E-state index contributed by atoms with van der Waals surface area (Å²) in [6, 6.07) is 0.486. The van der Waals surface area contributed by atoms with Crippen LogP contribution in [-0.2, 0) is 4.79 Å². The van der Waals surface area contributed by atoms with Gasteiger partial charge in [-0.3, -0.25) is 9.69 Å². The van der Waals surface area contributed by atoms with Crippen LogP contribution in [0.3, 0.4) is 0 Å². The first-order valence-electron chi connectivity index (χ1n) is 5.76. The van der Waals surface area contributed by atoms with Crippen molar-refractivity contribution in [3.05, 3.63) is 12.2 Å². The van der Waals surface area contributed by atoms with E-state index in [1.807, 2.05) is 6.92 Å². The molecule has 2 atom stereocenters. The van der Waals surface area contributed by atoms with E-state index >= 15 is 0 Å². The first-order chi connectivity index (χ1) is 7.12. The van der Waals surface area contributed by atoms with E-state index in [1.165, 1.54) is 19.3 Å². The van der Waals surface area contributed by atoms with Gasteiger partial charge in [0.25, 0.3) is 0 Å². The minimum absolute atomic E-state index is 0.486. The van der Waals surface area contributed by atoms with Gasteiger partial charge in [-0.05, 0) is 39.2 Å². The molecule has 1 heterocycles. The topological polar surface area (TPSA) is 40.5 Å². The number of allylic oxidation sites excluding steroid dienone is 1. The van der Waals surface area contributed by atoms with Gasteiger partial charge in [-0.1, -0.05) is 12.2 Å². The lowest BCUT2D eigenvalue weighted by Crippen LogP contribution is -2.37. The third-order valence-corrected chi connectivity index (χ3v) is 3.72. The minimum Gasteiger partial charge on any atom is -0.481 e. The van der Waals surface area contributed by atoms with Gasteiger partial charge in [0.2, 0.25) is 0 Å². The molecule has 1 aliphatic carbocycles. The molecule has 15 heavy (non-hydrogen) atoms. The van der Waals surface area contributed by atoms with Crippen LogP contribution < -0.4 is 0 Å². The second kappa shape index (κ2) is 3.97. The van der Waals surface area contributed by atoms with Gasteiger partial charge in [0.15, 0.2) is 0 Å². The van der Waals surface area contributed by atoms with Crippen molar-refractivity contribution in [2.75, 3.05) is 13.1 Å². The summed E-state index contributed by atoms with van der Waals surface area (Å²) in [4.78, 5) is 13.4. The Bertz CT molecular complexity index is 287. The van der Waals surface area contributed by atoms with Crippen LogP contribution in [0.25, 0.3) is 0 Å². The maximum Gasteiger partial charge on any atom is 0.310 e. The van der Waals surface area contributed by atoms with E-state index in [2.05, 4.69) is 17.1 Å². The Kier molecular flexibility index (Phi) is 2.83. The van der Waals surface area contributed by atoms with E-state index in [9.17, 15) is 4.79 Å². The third-order valence-electron chi connectivity index (χ3n) is 3.72. The zero-order valence-corrected chi connectivity index (χ0v) is 9.28. The van der Waals surface area contributed by atoms with Crippen LogP contribution in [0.1, 0.15) is 32.6 Å². The molecule has 1 saturated heterocycles. The van der Waals surface area contributed by atoms with E-state index in [1.54, 1.807) is 0 Å². The monoisotopic (exact) mass is 209 g/mol. The highest BCUT2D eigenvalue weighted by atomic mass is 16.4. The van der Waals surface area contributed by atoms with E-state index in [-0.39, 0.29) is 0 Å². The summed E-state index contributed by atoms with van der Waals surface area (Å²) < 4.78 is 0. The molecular formula is C12H19NO2. The van der Waals surface area contributed by atoms with Crippen molar-refractivity contribution in [1.29, 1.82) is 0 Å². The normalized spacial score (nSPS) is 37.0. The summed E-state index contributed by atoms with van der Waals surface area (Å²) in [7, 11) is 0. The second-order valence-corrected chi connectivity index (χ2v) is 5.01. The van der Waals surface area contributed by atoms with Gasteiger partial charge < -0.3 is 5.11 Å². The third kappa shape index (κ3) is 2.07. The number of hydrogen-bond donors (Lipinski definition) is 1. The van der Waals surface area contributed by atoms with Gasteiger partial charge in [0, 0.05) is 12.6 Å². The van der Waals surface area contributed by atoms with Crippen LogP contribution in [0.5, 0.6) is 0 Å². The number of likely N-dealkylation sites (tertiary alicyclic amines) is 1. The molecule has 1 aliphatic heterocycles. The molecule has 2 aliphatic rings. The molecule has 0 aromatic heterocycles. The van der Waals surface area contributed by atoms with E-state index in [4.69, 9.17) is 5.11 Å². The van der Waals surface area contributed by atoms with Crippen molar-refractivity contribution in [3.63, 3.8) is 0 Å². The van der Waals surface area contributed by atoms with Crippen molar-refractivity contribution in [3.8, 4) is 0 Å². The van der Waals surface area contributed by atoms with Crippen molar-refractivity contribution in [2.24, 2.45) is 5.41 Å².